The molecule has 0 atom stereocenters. The molecular formula is C17H20ClNO2. The molecule has 2 rings (SSSR count). The molecule has 0 aliphatic heterocycles. The van der Waals surface area contributed by atoms with Crippen LogP contribution in [-0.2, 0) is 4.79 Å². The average molecular weight is 306 g/mol. The lowest BCUT2D eigenvalue weighted by Crippen LogP contribution is -2.30. The molecule has 0 aliphatic carbocycles. The van der Waals surface area contributed by atoms with Crippen LogP contribution in [0.2, 0.25) is 0 Å². The first-order chi connectivity index (χ1) is 10.2. The first-order valence-corrected chi connectivity index (χ1v) is 7.65. The van der Waals surface area contributed by atoms with Crippen LogP contribution in [0.3, 0.4) is 0 Å². The van der Waals surface area contributed by atoms with Crippen molar-refractivity contribution in [3.05, 3.63) is 42.5 Å². The molecule has 0 aromatic heterocycles. The van der Waals surface area contributed by atoms with Crippen LogP contribution >= 0.6 is 11.6 Å². The van der Waals surface area contributed by atoms with E-state index >= 15 is 0 Å². The average Bonchev–Trinajstić information content (AvgIpc) is 2.52. The van der Waals surface area contributed by atoms with E-state index in [1.807, 2.05) is 30.3 Å². The summed E-state index contributed by atoms with van der Waals surface area (Å²) in [4.78, 5) is 13.4. The maximum absolute atomic E-state index is 11.7. The minimum absolute atomic E-state index is 0.109. The first kappa shape index (κ1) is 15.6. The van der Waals surface area contributed by atoms with Crippen LogP contribution in [0.15, 0.2) is 42.5 Å². The van der Waals surface area contributed by atoms with E-state index in [4.69, 9.17) is 16.3 Å². The molecular weight excluding hydrogens is 286 g/mol. The summed E-state index contributed by atoms with van der Waals surface area (Å²) in [5, 5.41) is 2.35. The Labute approximate surface area is 130 Å². The minimum atomic E-state index is 0.109. The van der Waals surface area contributed by atoms with Gasteiger partial charge >= 0.3 is 0 Å². The van der Waals surface area contributed by atoms with Crippen molar-refractivity contribution < 1.29 is 9.53 Å². The molecule has 0 radical (unpaired) electrons. The fraction of sp³-hybridized carbons (Fsp3) is 0.353. The van der Waals surface area contributed by atoms with Crippen molar-refractivity contribution in [1.82, 2.24) is 4.90 Å². The van der Waals surface area contributed by atoms with E-state index in [2.05, 4.69) is 12.1 Å². The summed E-state index contributed by atoms with van der Waals surface area (Å²) in [5.74, 6) is 1.46. The number of hydrogen-bond donors (Lipinski definition) is 0. The van der Waals surface area contributed by atoms with Crippen LogP contribution in [0.1, 0.15) is 12.8 Å². The molecule has 3 nitrogen and oxygen atoms in total. The minimum Gasteiger partial charge on any atom is -0.492 e. The number of rotatable bonds is 7. The highest BCUT2D eigenvalue weighted by molar-refractivity contribution is 6.17. The normalized spacial score (nSPS) is 10.6. The molecule has 4 heteroatoms. The number of hydrogen-bond acceptors (Lipinski definition) is 2. The van der Waals surface area contributed by atoms with Gasteiger partial charge < -0.3 is 9.64 Å². The molecule has 0 aliphatic rings. The van der Waals surface area contributed by atoms with Gasteiger partial charge in [-0.15, -0.1) is 11.6 Å². The molecule has 0 fully saturated rings. The highest BCUT2D eigenvalue weighted by atomic mass is 35.5. The SMILES string of the molecule is CN(CCOc1ccc2ccccc2c1)C(=O)CCCCl. The third kappa shape index (κ3) is 4.64. The van der Waals surface area contributed by atoms with Gasteiger partial charge in [0.2, 0.25) is 5.91 Å². The van der Waals surface area contributed by atoms with Gasteiger partial charge in [0.15, 0.2) is 0 Å². The van der Waals surface area contributed by atoms with Crippen LogP contribution < -0.4 is 4.74 Å². The molecule has 21 heavy (non-hydrogen) atoms. The van der Waals surface area contributed by atoms with Gasteiger partial charge in [-0.3, -0.25) is 4.79 Å². The van der Waals surface area contributed by atoms with Crippen LogP contribution in [0.25, 0.3) is 10.8 Å². The number of amides is 1. The van der Waals surface area contributed by atoms with E-state index in [1.165, 1.54) is 5.39 Å². The zero-order valence-electron chi connectivity index (χ0n) is 12.2. The summed E-state index contributed by atoms with van der Waals surface area (Å²) >= 11 is 5.59. The molecule has 2 aromatic rings. The Kier molecular flexibility index (Phi) is 5.88. The fourth-order valence-electron chi connectivity index (χ4n) is 2.09. The number of alkyl halides is 1. The molecule has 112 valence electrons. The van der Waals surface area contributed by atoms with Gasteiger partial charge in [0, 0.05) is 19.3 Å². The number of benzene rings is 2. The maximum atomic E-state index is 11.7. The van der Waals surface area contributed by atoms with E-state index in [9.17, 15) is 4.79 Å². The fourth-order valence-corrected chi connectivity index (χ4v) is 2.22. The highest BCUT2D eigenvalue weighted by Crippen LogP contribution is 2.20. The standard InChI is InChI=1S/C17H20ClNO2/c1-19(17(20)7-4-10-18)11-12-21-16-9-8-14-5-2-3-6-15(14)13-16/h2-3,5-6,8-9,13H,4,7,10-12H2,1H3. The highest BCUT2D eigenvalue weighted by Gasteiger charge is 2.07. The monoisotopic (exact) mass is 305 g/mol. The van der Waals surface area contributed by atoms with Gasteiger partial charge in [0.1, 0.15) is 12.4 Å². The summed E-state index contributed by atoms with van der Waals surface area (Å²) in [5.41, 5.74) is 0. The van der Waals surface area contributed by atoms with Crippen molar-refractivity contribution in [2.24, 2.45) is 0 Å². The smallest absolute Gasteiger partial charge is 0.222 e. The summed E-state index contributed by atoms with van der Waals surface area (Å²) in [6.07, 6.45) is 1.21. The molecule has 0 heterocycles. The maximum Gasteiger partial charge on any atom is 0.222 e. The van der Waals surface area contributed by atoms with Crippen molar-refractivity contribution in [3.8, 4) is 5.75 Å². The summed E-state index contributed by atoms with van der Waals surface area (Å²) in [6, 6.07) is 14.2. The molecule has 0 saturated carbocycles. The lowest BCUT2D eigenvalue weighted by atomic mass is 10.1. The lowest BCUT2D eigenvalue weighted by Gasteiger charge is -2.17. The van der Waals surface area contributed by atoms with Crippen molar-refractivity contribution in [2.45, 2.75) is 12.8 Å². The molecule has 0 N–H and O–H groups in total. The number of ether oxygens (including phenoxy) is 1. The first-order valence-electron chi connectivity index (χ1n) is 7.12. The second-order valence-corrected chi connectivity index (χ2v) is 5.34. The Balaban J connectivity index is 1.83. The van der Waals surface area contributed by atoms with E-state index in [1.54, 1.807) is 11.9 Å². The lowest BCUT2D eigenvalue weighted by molar-refractivity contribution is -0.130. The zero-order valence-corrected chi connectivity index (χ0v) is 13.0. The number of nitrogens with zero attached hydrogens (tertiary/aromatic N) is 1. The number of carbonyl (C=O) groups is 1. The largest absolute Gasteiger partial charge is 0.492 e. The Morgan fingerprint density at radius 3 is 2.71 bits per heavy atom. The second-order valence-electron chi connectivity index (χ2n) is 4.97. The van der Waals surface area contributed by atoms with E-state index < -0.39 is 0 Å². The van der Waals surface area contributed by atoms with Crippen LogP contribution in [0, 0.1) is 0 Å². The van der Waals surface area contributed by atoms with Crippen LogP contribution in [0.4, 0.5) is 0 Å². The van der Waals surface area contributed by atoms with E-state index in [-0.39, 0.29) is 5.91 Å². The second kappa shape index (κ2) is 7.89. The van der Waals surface area contributed by atoms with E-state index in [0.29, 0.717) is 25.5 Å². The van der Waals surface area contributed by atoms with Gasteiger partial charge in [-0.05, 0) is 29.3 Å². The molecule has 0 unspecified atom stereocenters. The molecule has 0 saturated heterocycles. The number of carbonyl (C=O) groups excluding carboxylic acids is 1. The molecule has 2 aromatic carbocycles. The van der Waals surface area contributed by atoms with Gasteiger partial charge in [0.25, 0.3) is 0 Å². The predicted octanol–water partition coefficient (Wildman–Crippen LogP) is 3.70. The summed E-state index contributed by atoms with van der Waals surface area (Å²) in [7, 11) is 1.79. The van der Waals surface area contributed by atoms with E-state index in [0.717, 1.165) is 17.6 Å². The molecule has 0 spiro atoms. The topological polar surface area (TPSA) is 29.5 Å². The molecule has 0 bridgehead atoms. The zero-order chi connectivity index (χ0) is 15.1. The van der Waals surface area contributed by atoms with Gasteiger partial charge in [-0.25, -0.2) is 0 Å². The number of likely N-dealkylation sites (N-methyl/N-ethyl adjacent to an activating group) is 1. The quantitative estimate of drug-likeness (QED) is 0.730. The Hall–Kier alpha value is -1.74. The predicted molar refractivity (Wildman–Crippen MR) is 87.0 cm³/mol. The Morgan fingerprint density at radius 2 is 1.95 bits per heavy atom. The Bertz CT molecular complexity index is 600. The van der Waals surface area contributed by atoms with Crippen molar-refractivity contribution in [3.63, 3.8) is 0 Å². The third-order valence-corrected chi connectivity index (χ3v) is 3.63. The van der Waals surface area contributed by atoms with Crippen molar-refractivity contribution in [1.29, 1.82) is 0 Å². The summed E-state index contributed by atoms with van der Waals surface area (Å²) in [6.45, 7) is 1.06. The summed E-state index contributed by atoms with van der Waals surface area (Å²) < 4.78 is 5.72. The van der Waals surface area contributed by atoms with Crippen molar-refractivity contribution in [2.75, 3.05) is 26.1 Å². The molecule has 1 amide bonds. The van der Waals surface area contributed by atoms with Gasteiger partial charge in [0.05, 0.1) is 6.54 Å². The van der Waals surface area contributed by atoms with Gasteiger partial charge in [-0.2, -0.15) is 0 Å². The van der Waals surface area contributed by atoms with Crippen molar-refractivity contribution >= 4 is 28.3 Å². The van der Waals surface area contributed by atoms with Crippen LogP contribution in [0.5, 0.6) is 5.75 Å². The Morgan fingerprint density at radius 1 is 1.19 bits per heavy atom. The van der Waals surface area contributed by atoms with Gasteiger partial charge in [-0.1, -0.05) is 30.3 Å². The number of fused-ring (bicyclic) bond motifs is 1. The van der Waals surface area contributed by atoms with Crippen LogP contribution in [-0.4, -0.2) is 36.9 Å². The number of halogens is 1. The third-order valence-electron chi connectivity index (χ3n) is 3.37.